The molecule has 1 N–H and O–H groups in total. The van der Waals surface area contributed by atoms with Crippen LogP contribution in [-0.4, -0.2) is 6.54 Å². The molecule has 0 unspecified atom stereocenters. The van der Waals surface area contributed by atoms with Gasteiger partial charge in [-0.1, -0.05) is 61.2 Å². The zero-order valence-electron chi connectivity index (χ0n) is 14.4. The molecule has 1 heterocycles. The third kappa shape index (κ3) is 3.76. The number of rotatable bonds is 5. The lowest BCUT2D eigenvalue weighted by Crippen LogP contribution is -2.44. The SMILES string of the molecule is Clc1cccc(CCNC2(c3cc4ccccc4s3)CCCCC2)c1. The first-order valence-corrected chi connectivity index (χ1v) is 10.4. The fraction of sp³-hybridized carbons (Fsp3) is 0.364. The van der Waals surface area contributed by atoms with Crippen LogP contribution < -0.4 is 5.32 Å². The molecule has 2 aromatic carbocycles. The molecule has 1 saturated carbocycles. The maximum Gasteiger partial charge on any atom is 0.0529 e. The highest BCUT2D eigenvalue weighted by molar-refractivity contribution is 7.19. The van der Waals surface area contributed by atoms with Gasteiger partial charge in [-0.05, 0) is 54.5 Å². The second-order valence-corrected chi connectivity index (χ2v) is 8.62. The summed E-state index contributed by atoms with van der Waals surface area (Å²) in [5.74, 6) is 0. The van der Waals surface area contributed by atoms with Crippen LogP contribution in [0, 0.1) is 0 Å². The van der Waals surface area contributed by atoms with Gasteiger partial charge in [-0.2, -0.15) is 0 Å². The van der Waals surface area contributed by atoms with Gasteiger partial charge in [-0.3, -0.25) is 0 Å². The third-order valence-electron chi connectivity index (χ3n) is 5.37. The lowest BCUT2D eigenvalue weighted by molar-refractivity contribution is 0.240. The van der Waals surface area contributed by atoms with Gasteiger partial charge in [0.05, 0.1) is 5.54 Å². The van der Waals surface area contributed by atoms with Gasteiger partial charge in [0.25, 0.3) is 0 Å². The summed E-state index contributed by atoms with van der Waals surface area (Å²) in [4.78, 5) is 1.51. The molecule has 1 aliphatic rings. The summed E-state index contributed by atoms with van der Waals surface area (Å²) in [5.41, 5.74) is 1.46. The van der Waals surface area contributed by atoms with E-state index >= 15 is 0 Å². The summed E-state index contributed by atoms with van der Waals surface area (Å²) < 4.78 is 1.40. The van der Waals surface area contributed by atoms with Gasteiger partial charge in [0.2, 0.25) is 0 Å². The first-order chi connectivity index (χ1) is 12.3. The van der Waals surface area contributed by atoms with E-state index in [1.807, 2.05) is 23.5 Å². The van der Waals surface area contributed by atoms with Gasteiger partial charge < -0.3 is 5.32 Å². The Labute approximate surface area is 159 Å². The highest BCUT2D eigenvalue weighted by Crippen LogP contribution is 2.42. The van der Waals surface area contributed by atoms with Gasteiger partial charge in [0.15, 0.2) is 0 Å². The van der Waals surface area contributed by atoms with Crippen LogP contribution in [0.2, 0.25) is 5.02 Å². The van der Waals surface area contributed by atoms with Gasteiger partial charge >= 0.3 is 0 Å². The number of benzene rings is 2. The molecule has 0 amide bonds. The molecule has 1 nitrogen and oxygen atoms in total. The standard InChI is InChI=1S/C22H24ClNS/c23-19-9-6-7-17(15-19)11-14-24-22(12-4-1-5-13-22)21-16-18-8-2-3-10-20(18)25-21/h2-3,6-10,15-16,24H,1,4-5,11-14H2. The lowest BCUT2D eigenvalue weighted by atomic mass is 9.80. The van der Waals surface area contributed by atoms with E-state index in [1.165, 1.54) is 52.6 Å². The van der Waals surface area contributed by atoms with Crippen molar-refractivity contribution < 1.29 is 0 Å². The molecule has 1 aliphatic carbocycles. The Morgan fingerprint density at radius 3 is 2.60 bits per heavy atom. The van der Waals surface area contributed by atoms with Gasteiger partial charge in [-0.25, -0.2) is 0 Å². The molecule has 130 valence electrons. The molecule has 0 atom stereocenters. The number of halogens is 1. The van der Waals surface area contributed by atoms with E-state index in [1.54, 1.807) is 0 Å². The summed E-state index contributed by atoms with van der Waals surface area (Å²) >= 11 is 8.09. The van der Waals surface area contributed by atoms with E-state index in [2.05, 4.69) is 47.8 Å². The van der Waals surface area contributed by atoms with Crippen molar-refractivity contribution in [2.75, 3.05) is 6.54 Å². The summed E-state index contributed by atoms with van der Waals surface area (Å²) in [7, 11) is 0. The van der Waals surface area contributed by atoms with Crippen molar-refractivity contribution >= 4 is 33.0 Å². The number of hydrogen-bond acceptors (Lipinski definition) is 2. The molecule has 1 aromatic heterocycles. The molecular formula is C22H24ClNS. The first kappa shape index (κ1) is 17.1. The van der Waals surface area contributed by atoms with Crippen LogP contribution in [0.1, 0.15) is 42.5 Å². The number of nitrogens with one attached hydrogen (secondary N) is 1. The number of fused-ring (bicyclic) bond motifs is 1. The summed E-state index contributed by atoms with van der Waals surface area (Å²) in [6.45, 7) is 0.995. The average Bonchev–Trinajstić information content (AvgIpc) is 3.07. The van der Waals surface area contributed by atoms with Crippen LogP contribution in [0.3, 0.4) is 0 Å². The topological polar surface area (TPSA) is 12.0 Å². The highest BCUT2D eigenvalue weighted by atomic mass is 35.5. The largest absolute Gasteiger partial charge is 0.306 e. The lowest BCUT2D eigenvalue weighted by Gasteiger charge is -2.38. The minimum absolute atomic E-state index is 0.153. The molecular weight excluding hydrogens is 346 g/mol. The van der Waals surface area contributed by atoms with Crippen LogP contribution in [0.4, 0.5) is 0 Å². The Morgan fingerprint density at radius 1 is 0.960 bits per heavy atom. The highest BCUT2D eigenvalue weighted by Gasteiger charge is 2.34. The summed E-state index contributed by atoms with van der Waals surface area (Å²) in [5, 5.41) is 6.15. The van der Waals surface area contributed by atoms with Crippen molar-refractivity contribution in [2.24, 2.45) is 0 Å². The number of thiophene rings is 1. The second-order valence-electron chi connectivity index (χ2n) is 7.10. The van der Waals surface area contributed by atoms with Crippen molar-refractivity contribution in [1.29, 1.82) is 0 Å². The Kier molecular flexibility index (Phi) is 5.12. The molecule has 0 radical (unpaired) electrons. The maximum absolute atomic E-state index is 6.12. The number of hydrogen-bond donors (Lipinski definition) is 1. The molecule has 0 aliphatic heterocycles. The van der Waals surface area contributed by atoms with E-state index in [0.29, 0.717) is 0 Å². The second kappa shape index (κ2) is 7.49. The Bertz CT molecular complexity index is 815. The molecule has 4 rings (SSSR count). The van der Waals surface area contributed by atoms with E-state index in [4.69, 9.17) is 11.6 Å². The Balaban J connectivity index is 1.54. The van der Waals surface area contributed by atoms with Gasteiger partial charge in [0.1, 0.15) is 0 Å². The predicted octanol–water partition coefficient (Wildman–Crippen LogP) is 6.55. The fourth-order valence-electron chi connectivity index (χ4n) is 4.02. The van der Waals surface area contributed by atoms with Crippen molar-refractivity contribution in [1.82, 2.24) is 5.32 Å². The first-order valence-electron chi connectivity index (χ1n) is 9.24. The quantitative estimate of drug-likeness (QED) is 0.537. The van der Waals surface area contributed by atoms with Crippen molar-refractivity contribution in [3.63, 3.8) is 0 Å². The molecule has 3 heteroatoms. The molecule has 0 bridgehead atoms. The predicted molar refractivity (Wildman–Crippen MR) is 110 cm³/mol. The normalized spacial score (nSPS) is 17.0. The monoisotopic (exact) mass is 369 g/mol. The Morgan fingerprint density at radius 2 is 1.80 bits per heavy atom. The van der Waals surface area contributed by atoms with E-state index in [-0.39, 0.29) is 5.54 Å². The maximum atomic E-state index is 6.12. The van der Waals surface area contributed by atoms with Crippen LogP contribution in [0.25, 0.3) is 10.1 Å². The van der Waals surface area contributed by atoms with E-state index in [0.717, 1.165) is 18.0 Å². The molecule has 0 saturated heterocycles. The summed E-state index contributed by atoms with van der Waals surface area (Å²) in [6, 6.07) is 19.4. The smallest absolute Gasteiger partial charge is 0.0529 e. The van der Waals surface area contributed by atoms with Crippen LogP contribution >= 0.6 is 22.9 Å². The van der Waals surface area contributed by atoms with Gasteiger partial charge in [0, 0.05) is 21.1 Å². The van der Waals surface area contributed by atoms with Crippen molar-refractivity contribution in [3.8, 4) is 0 Å². The Hall–Kier alpha value is -1.35. The van der Waals surface area contributed by atoms with Crippen molar-refractivity contribution in [2.45, 2.75) is 44.1 Å². The zero-order chi connectivity index (χ0) is 17.1. The zero-order valence-corrected chi connectivity index (χ0v) is 16.0. The average molecular weight is 370 g/mol. The molecule has 0 spiro atoms. The van der Waals surface area contributed by atoms with Crippen LogP contribution in [-0.2, 0) is 12.0 Å². The molecule has 1 fully saturated rings. The third-order valence-corrected chi connectivity index (χ3v) is 6.93. The van der Waals surface area contributed by atoms with E-state index in [9.17, 15) is 0 Å². The summed E-state index contributed by atoms with van der Waals surface area (Å²) in [6.07, 6.45) is 7.51. The fourth-order valence-corrected chi connectivity index (χ4v) is 5.52. The minimum atomic E-state index is 0.153. The van der Waals surface area contributed by atoms with Crippen molar-refractivity contribution in [3.05, 3.63) is 70.1 Å². The van der Waals surface area contributed by atoms with Gasteiger partial charge in [-0.15, -0.1) is 11.3 Å². The minimum Gasteiger partial charge on any atom is -0.306 e. The van der Waals surface area contributed by atoms with E-state index < -0.39 is 0 Å². The van der Waals surface area contributed by atoms with Crippen LogP contribution in [0.5, 0.6) is 0 Å². The van der Waals surface area contributed by atoms with Crippen LogP contribution in [0.15, 0.2) is 54.6 Å². The molecule has 25 heavy (non-hydrogen) atoms. The molecule has 3 aromatic rings.